The second-order valence-corrected chi connectivity index (χ2v) is 6.76. The SMILES string of the molecule is CCCN(CC)CCCC(CC)S(C)(=O)=O. The van der Waals surface area contributed by atoms with E-state index >= 15 is 0 Å². The van der Waals surface area contributed by atoms with Gasteiger partial charge in [-0.15, -0.1) is 0 Å². The topological polar surface area (TPSA) is 37.4 Å². The van der Waals surface area contributed by atoms with Crippen LogP contribution in [0.1, 0.15) is 46.5 Å². The lowest BCUT2D eigenvalue weighted by Crippen LogP contribution is -2.27. The van der Waals surface area contributed by atoms with Gasteiger partial charge in [0.05, 0.1) is 5.25 Å². The van der Waals surface area contributed by atoms with Gasteiger partial charge in [-0.2, -0.15) is 0 Å². The van der Waals surface area contributed by atoms with Crippen LogP contribution >= 0.6 is 0 Å². The van der Waals surface area contributed by atoms with Crippen molar-refractivity contribution in [3.63, 3.8) is 0 Å². The lowest BCUT2D eigenvalue weighted by atomic mass is 10.2. The summed E-state index contributed by atoms with van der Waals surface area (Å²) in [6, 6.07) is 0. The summed E-state index contributed by atoms with van der Waals surface area (Å²) < 4.78 is 22.8. The van der Waals surface area contributed by atoms with Gasteiger partial charge in [-0.3, -0.25) is 0 Å². The maximum absolute atomic E-state index is 11.4. The van der Waals surface area contributed by atoms with Crippen LogP contribution in [0.15, 0.2) is 0 Å². The molecule has 3 nitrogen and oxygen atoms in total. The van der Waals surface area contributed by atoms with Crippen molar-refractivity contribution < 1.29 is 8.42 Å². The summed E-state index contributed by atoms with van der Waals surface area (Å²) >= 11 is 0. The summed E-state index contributed by atoms with van der Waals surface area (Å²) in [6.45, 7) is 9.49. The third-order valence-corrected chi connectivity index (χ3v) is 4.83. The Morgan fingerprint density at radius 1 is 1.12 bits per heavy atom. The third kappa shape index (κ3) is 6.48. The van der Waals surface area contributed by atoms with Gasteiger partial charge < -0.3 is 4.90 Å². The van der Waals surface area contributed by atoms with E-state index in [2.05, 4.69) is 18.7 Å². The Kier molecular flexibility index (Phi) is 8.02. The predicted molar refractivity (Wildman–Crippen MR) is 70.6 cm³/mol. The number of hydrogen-bond acceptors (Lipinski definition) is 3. The van der Waals surface area contributed by atoms with E-state index in [1.165, 1.54) is 6.26 Å². The van der Waals surface area contributed by atoms with Gasteiger partial charge in [-0.05, 0) is 45.3 Å². The average molecular weight is 249 g/mol. The number of rotatable bonds is 9. The highest BCUT2D eigenvalue weighted by Gasteiger charge is 2.17. The Labute approximate surface area is 101 Å². The fourth-order valence-electron chi connectivity index (χ4n) is 2.01. The Bertz CT molecular complexity index is 262. The molecule has 0 aliphatic heterocycles. The van der Waals surface area contributed by atoms with Crippen molar-refractivity contribution in [2.24, 2.45) is 0 Å². The van der Waals surface area contributed by atoms with E-state index in [9.17, 15) is 8.42 Å². The highest BCUT2D eigenvalue weighted by Crippen LogP contribution is 2.12. The molecular formula is C12H27NO2S. The molecule has 0 amide bonds. The number of nitrogens with zero attached hydrogens (tertiary/aromatic N) is 1. The van der Waals surface area contributed by atoms with Crippen molar-refractivity contribution in [2.45, 2.75) is 51.7 Å². The Hall–Kier alpha value is -0.0900. The standard InChI is InChI=1S/C12H27NO2S/c1-5-10-13(7-3)11-8-9-12(6-2)16(4,14)15/h12H,5-11H2,1-4H3. The van der Waals surface area contributed by atoms with Crippen LogP contribution in [0, 0.1) is 0 Å². The summed E-state index contributed by atoms with van der Waals surface area (Å²) in [5, 5.41) is -0.146. The lowest BCUT2D eigenvalue weighted by Gasteiger charge is -2.20. The maximum Gasteiger partial charge on any atom is 0.150 e. The number of sulfone groups is 1. The second kappa shape index (κ2) is 8.07. The monoisotopic (exact) mass is 249 g/mol. The van der Waals surface area contributed by atoms with Crippen LogP contribution in [-0.4, -0.2) is 44.5 Å². The molecule has 16 heavy (non-hydrogen) atoms. The van der Waals surface area contributed by atoms with Gasteiger partial charge in [0.15, 0.2) is 0 Å². The van der Waals surface area contributed by atoms with Gasteiger partial charge in [0, 0.05) is 6.26 Å². The van der Waals surface area contributed by atoms with Crippen LogP contribution in [0.25, 0.3) is 0 Å². The molecule has 0 fully saturated rings. The zero-order valence-electron chi connectivity index (χ0n) is 11.2. The van der Waals surface area contributed by atoms with Gasteiger partial charge in [-0.25, -0.2) is 8.42 Å². The zero-order valence-corrected chi connectivity index (χ0v) is 12.0. The largest absolute Gasteiger partial charge is 0.304 e. The van der Waals surface area contributed by atoms with E-state index < -0.39 is 9.84 Å². The molecule has 0 bridgehead atoms. The molecule has 1 unspecified atom stereocenters. The van der Waals surface area contributed by atoms with Crippen LogP contribution in [0.5, 0.6) is 0 Å². The fourth-order valence-corrected chi connectivity index (χ4v) is 3.21. The molecule has 0 saturated carbocycles. The second-order valence-electron chi connectivity index (χ2n) is 4.44. The molecular weight excluding hydrogens is 222 g/mol. The van der Waals surface area contributed by atoms with Crippen LogP contribution in [0.4, 0.5) is 0 Å². The quantitative estimate of drug-likeness (QED) is 0.629. The molecule has 0 aromatic heterocycles. The van der Waals surface area contributed by atoms with Crippen molar-refractivity contribution in [2.75, 3.05) is 25.9 Å². The zero-order chi connectivity index (χ0) is 12.6. The number of hydrogen-bond donors (Lipinski definition) is 0. The Morgan fingerprint density at radius 3 is 2.12 bits per heavy atom. The van der Waals surface area contributed by atoms with Crippen molar-refractivity contribution >= 4 is 9.84 Å². The van der Waals surface area contributed by atoms with Crippen molar-refractivity contribution in [1.29, 1.82) is 0 Å². The molecule has 0 radical (unpaired) electrons. The molecule has 0 heterocycles. The molecule has 0 saturated heterocycles. The van der Waals surface area contributed by atoms with E-state index in [-0.39, 0.29) is 5.25 Å². The molecule has 0 N–H and O–H groups in total. The van der Waals surface area contributed by atoms with Gasteiger partial charge >= 0.3 is 0 Å². The predicted octanol–water partition coefficient (Wildman–Crippen LogP) is 2.32. The van der Waals surface area contributed by atoms with E-state index in [4.69, 9.17) is 0 Å². The molecule has 0 aromatic rings. The van der Waals surface area contributed by atoms with Crippen molar-refractivity contribution in [1.82, 2.24) is 4.90 Å². The van der Waals surface area contributed by atoms with E-state index in [1.807, 2.05) is 6.92 Å². The minimum Gasteiger partial charge on any atom is -0.304 e. The molecule has 98 valence electrons. The van der Waals surface area contributed by atoms with Gasteiger partial charge in [0.2, 0.25) is 0 Å². The van der Waals surface area contributed by atoms with Crippen LogP contribution < -0.4 is 0 Å². The smallest absolute Gasteiger partial charge is 0.150 e. The molecule has 0 rings (SSSR count). The summed E-state index contributed by atoms with van der Waals surface area (Å²) in [4.78, 5) is 2.38. The Morgan fingerprint density at radius 2 is 1.75 bits per heavy atom. The van der Waals surface area contributed by atoms with E-state index in [1.54, 1.807) is 0 Å². The molecule has 4 heteroatoms. The maximum atomic E-state index is 11.4. The minimum atomic E-state index is -2.85. The van der Waals surface area contributed by atoms with Gasteiger partial charge in [0.1, 0.15) is 9.84 Å². The fraction of sp³-hybridized carbons (Fsp3) is 1.00. The summed E-state index contributed by atoms with van der Waals surface area (Å²) in [6.07, 6.45) is 5.04. The van der Waals surface area contributed by atoms with Crippen LogP contribution in [0.3, 0.4) is 0 Å². The molecule has 0 aromatic carbocycles. The first-order valence-electron chi connectivity index (χ1n) is 6.36. The minimum absolute atomic E-state index is 0.146. The van der Waals surface area contributed by atoms with Crippen LogP contribution in [-0.2, 0) is 9.84 Å². The molecule has 0 aliphatic rings. The van der Waals surface area contributed by atoms with Crippen molar-refractivity contribution in [3.05, 3.63) is 0 Å². The molecule has 1 atom stereocenters. The van der Waals surface area contributed by atoms with E-state index in [0.29, 0.717) is 0 Å². The first-order valence-corrected chi connectivity index (χ1v) is 8.32. The van der Waals surface area contributed by atoms with Gasteiger partial charge in [-0.1, -0.05) is 20.8 Å². The Balaban J connectivity index is 3.95. The van der Waals surface area contributed by atoms with E-state index in [0.717, 1.165) is 45.3 Å². The van der Waals surface area contributed by atoms with Gasteiger partial charge in [0.25, 0.3) is 0 Å². The van der Waals surface area contributed by atoms with Crippen molar-refractivity contribution in [3.8, 4) is 0 Å². The summed E-state index contributed by atoms with van der Waals surface area (Å²) in [7, 11) is -2.85. The highest BCUT2D eigenvalue weighted by molar-refractivity contribution is 7.91. The third-order valence-electron chi connectivity index (χ3n) is 3.05. The first-order chi connectivity index (χ1) is 7.45. The van der Waals surface area contributed by atoms with Crippen LogP contribution in [0.2, 0.25) is 0 Å². The average Bonchev–Trinajstić information content (AvgIpc) is 2.20. The highest BCUT2D eigenvalue weighted by atomic mass is 32.2. The normalized spacial score (nSPS) is 14.3. The summed E-state index contributed by atoms with van der Waals surface area (Å²) in [5.74, 6) is 0. The molecule has 0 spiro atoms. The lowest BCUT2D eigenvalue weighted by molar-refractivity contribution is 0.281. The molecule has 0 aliphatic carbocycles. The summed E-state index contributed by atoms with van der Waals surface area (Å²) in [5.41, 5.74) is 0. The first kappa shape index (κ1) is 15.9.